The quantitative estimate of drug-likeness (QED) is 0.201. The standard InChI is InChI=1S/C28H38N5O11P/c1-7-40-25(35)16(2)31-45(38,44-18-8-9-19-17(14-18)10-12-32(19)27(37)43-28(3,4)5)41-15-20-22(34)23(39-6)24(42-20)33-13-11-21(29)30-26(33)36/h8-14,16,20,22-24,34H,7,15H2,1-6H3,(H,31,38)(H2,29,30,36)/t16-,20+,22?,23?,24+,45?/m0/s1. The largest absolute Gasteiger partial charge is 0.465 e. The van der Waals surface area contributed by atoms with E-state index in [2.05, 4.69) is 10.1 Å². The van der Waals surface area contributed by atoms with E-state index in [0.717, 1.165) is 4.57 Å². The van der Waals surface area contributed by atoms with Gasteiger partial charge in [0.05, 0.1) is 18.7 Å². The Morgan fingerprint density at radius 3 is 2.60 bits per heavy atom. The van der Waals surface area contributed by atoms with Gasteiger partial charge in [-0.1, -0.05) is 0 Å². The Hall–Kier alpha value is -3.79. The van der Waals surface area contributed by atoms with E-state index in [9.17, 15) is 24.1 Å². The third-order valence-electron chi connectivity index (χ3n) is 6.59. The van der Waals surface area contributed by atoms with Crippen molar-refractivity contribution in [3.05, 3.63) is 53.2 Å². The number of rotatable bonds is 11. The Labute approximate surface area is 258 Å². The van der Waals surface area contributed by atoms with Crippen LogP contribution in [0.5, 0.6) is 5.75 Å². The van der Waals surface area contributed by atoms with E-state index in [0.29, 0.717) is 10.9 Å². The van der Waals surface area contributed by atoms with Crippen molar-refractivity contribution in [2.45, 2.75) is 70.8 Å². The third kappa shape index (κ3) is 8.09. The lowest BCUT2D eigenvalue weighted by molar-refractivity contribution is -0.144. The number of aliphatic hydroxyl groups excluding tert-OH is 1. The van der Waals surface area contributed by atoms with Gasteiger partial charge in [-0.25, -0.2) is 14.2 Å². The molecule has 0 aliphatic carbocycles. The molecule has 0 amide bonds. The first kappa shape index (κ1) is 34.1. The summed E-state index contributed by atoms with van der Waals surface area (Å²) >= 11 is 0. The number of benzene rings is 1. The lowest BCUT2D eigenvalue weighted by atomic mass is 10.1. The minimum atomic E-state index is -4.39. The van der Waals surface area contributed by atoms with Gasteiger partial charge in [0.2, 0.25) is 0 Å². The fraction of sp³-hybridized carbons (Fsp3) is 0.500. The fourth-order valence-electron chi connectivity index (χ4n) is 4.56. The number of carbonyl (C=O) groups is 2. The number of nitrogens with two attached hydrogens (primary N) is 1. The fourth-order valence-corrected chi connectivity index (χ4v) is 6.05. The molecule has 1 fully saturated rings. The van der Waals surface area contributed by atoms with Gasteiger partial charge in [-0.15, -0.1) is 0 Å². The van der Waals surface area contributed by atoms with Crippen LogP contribution < -0.4 is 21.0 Å². The van der Waals surface area contributed by atoms with Crippen molar-refractivity contribution in [2.75, 3.05) is 26.1 Å². The molecule has 17 heteroatoms. The first-order valence-electron chi connectivity index (χ1n) is 14.1. The zero-order valence-corrected chi connectivity index (χ0v) is 26.6. The Bertz CT molecular complexity index is 1630. The maximum absolute atomic E-state index is 14.1. The summed E-state index contributed by atoms with van der Waals surface area (Å²) in [5.41, 5.74) is 4.65. The number of nitrogens with zero attached hydrogens (tertiary/aromatic N) is 3. The second-order valence-corrected chi connectivity index (χ2v) is 12.9. The summed E-state index contributed by atoms with van der Waals surface area (Å²) in [6.07, 6.45) is -2.31. The molecule has 0 radical (unpaired) electrons. The van der Waals surface area contributed by atoms with Crippen molar-refractivity contribution in [2.24, 2.45) is 0 Å². The number of nitrogen functional groups attached to an aromatic ring is 1. The number of ether oxygens (including phenoxy) is 4. The molecule has 16 nitrogen and oxygen atoms in total. The number of esters is 1. The number of hydrogen-bond acceptors (Lipinski definition) is 13. The molecule has 1 saturated heterocycles. The first-order valence-corrected chi connectivity index (χ1v) is 15.6. The highest BCUT2D eigenvalue weighted by Crippen LogP contribution is 2.46. The zero-order valence-electron chi connectivity index (χ0n) is 25.7. The van der Waals surface area contributed by atoms with Gasteiger partial charge >= 0.3 is 25.5 Å². The summed E-state index contributed by atoms with van der Waals surface area (Å²) in [5, 5.41) is 14.0. The summed E-state index contributed by atoms with van der Waals surface area (Å²) in [5.74, 6) is -0.624. The maximum Gasteiger partial charge on any atom is 0.459 e. The molecule has 2 aromatic heterocycles. The van der Waals surface area contributed by atoms with Crippen molar-refractivity contribution in [1.82, 2.24) is 19.2 Å². The number of fused-ring (bicyclic) bond motifs is 1. The SMILES string of the molecule is CCOC(=O)[C@H](C)NP(=O)(OC[C@H]1O[C@@H](n2ccc(N)nc2=O)C(OC)C1O)Oc1ccc2c(ccn2C(=O)OC(C)(C)C)c1. The molecule has 0 spiro atoms. The summed E-state index contributed by atoms with van der Waals surface area (Å²) in [7, 11) is -3.06. The van der Waals surface area contributed by atoms with Gasteiger partial charge in [-0.3, -0.25) is 18.5 Å². The minimum absolute atomic E-state index is 0.00289. The molecule has 1 aromatic carbocycles. The smallest absolute Gasteiger partial charge is 0.459 e. The number of aromatic nitrogens is 3. The van der Waals surface area contributed by atoms with Crippen LogP contribution in [0.3, 0.4) is 0 Å². The number of methoxy groups -OCH3 is 1. The van der Waals surface area contributed by atoms with Crippen molar-refractivity contribution < 1.29 is 47.3 Å². The monoisotopic (exact) mass is 651 g/mol. The van der Waals surface area contributed by atoms with Crippen LogP contribution in [-0.4, -0.2) is 81.6 Å². The van der Waals surface area contributed by atoms with Gasteiger partial charge in [-0.2, -0.15) is 10.1 Å². The Morgan fingerprint density at radius 2 is 1.96 bits per heavy atom. The minimum Gasteiger partial charge on any atom is -0.465 e. The Balaban J connectivity index is 1.57. The van der Waals surface area contributed by atoms with Crippen LogP contribution in [0.2, 0.25) is 0 Å². The molecular formula is C28H38N5O11P. The summed E-state index contributed by atoms with van der Waals surface area (Å²) in [6.45, 7) is 7.88. The molecule has 246 valence electrons. The van der Waals surface area contributed by atoms with E-state index in [1.54, 1.807) is 39.8 Å². The lowest BCUT2D eigenvalue weighted by Gasteiger charge is -2.24. The number of carbonyl (C=O) groups excluding carboxylic acids is 2. The van der Waals surface area contributed by atoms with Crippen LogP contribution >= 0.6 is 7.75 Å². The van der Waals surface area contributed by atoms with Crippen LogP contribution in [0.25, 0.3) is 10.9 Å². The topological polar surface area (TPSA) is 205 Å². The van der Waals surface area contributed by atoms with Crippen LogP contribution in [-0.2, 0) is 32.8 Å². The van der Waals surface area contributed by atoms with Gasteiger partial charge in [-0.05, 0) is 65.0 Å². The van der Waals surface area contributed by atoms with Gasteiger partial charge in [0.25, 0.3) is 0 Å². The molecule has 45 heavy (non-hydrogen) atoms. The molecule has 3 heterocycles. The molecule has 0 saturated carbocycles. The summed E-state index contributed by atoms with van der Waals surface area (Å²) < 4.78 is 49.7. The molecule has 3 unspecified atom stereocenters. The molecule has 1 aliphatic heterocycles. The lowest BCUT2D eigenvalue weighted by Crippen LogP contribution is -2.38. The molecule has 4 N–H and O–H groups in total. The molecule has 0 bridgehead atoms. The molecule has 4 rings (SSSR count). The highest BCUT2D eigenvalue weighted by molar-refractivity contribution is 7.52. The van der Waals surface area contributed by atoms with Crippen LogP contribution in [0.15, 0.2) is 47.5 Å². The first-order chi connectivity index (χ1) is 21.1. The van der Waals surface area contributed by atoms with E-state index >= 15 is 0 Å². The molecular weight excluding hydrogens is 613 g/mol. The average molecular weight is 652 g/mol. The van der Waals surface area contributed by atoms with Crippen LogP contribution in [0, 0.1) is 0 Å². The van der Waals surface area contributed by atoms with E-state index in [-0.39, 0.29) is 18.2 Å². The van der Waals surface area contributed by atoms with Gasteiger partial charge in [0.15, 0.2) is 6.23 Å². The molecule has 3 aromatic rings. The van der Waals surface area contributed by atoms with Crippen LogP contribution in [0.1, 0.15) is 40.8 Å². The Morgan fingerprint density at radius 1 is 1.22 bits per heavy atom. The number of aliphatic hydroxyl groups is 1. The normalized spacial score (nSPS) is 22.1. The maximum atomic E-state index is 14.1. The number of anilines is 1. The third-order valence-corrected chi connectivity index (χ3v) is 8.23. The van der Waals surface area contributed by atoms with Crippen molar-refractivity contribution in [3.8, 4) is 5.75 Å². The van der Waals surface area contributed by atoms with Gasteiger partial charge in [0.1, 0.15) is 41.5 Å². The van der Waals surface area contributed by atoms with Crippen molar-refractivity contribution >= 4 is 36.5 Å². The van der Waals surface area contributed by atoms with E-state index in [1.807, 2.05) is 0 Å². The predicted molar refractivity (Wildman–Crippen MR) is 161 cm³/mol. The zero-order chi connectivity index (χ0) is 33.1. The predicted octanol–water partition coefficient (Wildman–Crippen LogP) is 2.58. The second-order valence-electron chi connectivity index (χ2n) is 11.2. The van der Waals surface area contributed by atoms with E-state index in [4.69, 9.17) is 33.7 Å². The van der Waals surface area contributed by atoms with Crippen LogP contribution in [0.4, 0.5) is 10.6 Å². The highest BCUT2D eigenvalue weighted by atomic mass is 31.2. The summed E-state index contributed by atoms with van der Waals surface area (Å²) in [6, 6.07) is 6.48. The molecule has 6 atom stereocenters. The Kier molecular flexibility index (Phi) is 10.4. The number of nitrogens with one attached hydrogen (secondary N) is 1. The number of hydrogen-bond donors (Lipinski definition) is 3. The van der Waals surface area contributed by atoms with Crippen molar-refractivity contribution in [3.63, 3.8) is 0 Å². The molecule has 1 aliphatic rings. The summed E-state index contributed by atoms with van der Waals surface area (Å²) in [4.78, 5) is 41.1. The van der Waals surface area contributed by atoms with E-state index < -0.39 is 68.3 Å². The van der Waals surface area contributed by atoms with Gasteiger partial charge in [0, 0.05) is 24.9 Å². The van der Waals surface area contributed by atoms with E-state index in [1.165, 1.54) is 49.2 Å². The average Bonchev–Trinajstić information content (AvgIpc) is 3.51. The van der Waals surface area contributed by atoms with Crippen molar-refractivity contribution in [1.29, 1.82) is 0 Å². The van der Waals surface area contributed by atoms with Gasteiger partial charge < -0.3 is 34.3 Å². The highest BCUT2D eigenvalue weighted by Gasteiger charge is 2.47. The second kappa shape index (κ2) is 13.7.